The van der Waals surface area contributed by atoms with Crippen LogP contribution in [0.15, 0.2) is 15.2 Å². The molecular weight excluding hydrogens is 419 g/mol. The van der Waals surface area contributed by atoms with E-state index in [1.807, 2.05) is 12.2 Å². The van der Waals surface area contributed by atoms with E-state index in [9.17, 15) is 4.79 Å². The fraction of sp³-hybridized carbons (Fsp3) is 0.417. The number of halogens is 4. The molecule has 1 spiro atoms. The Kier molecular flexibility index (Phi) is 2.43. The maximum absolute atomic E-state index is 12.7. The molecule has 1 saturated heterocycles. The number of aromatic nitrogens is 1. The molecule has 0 bridgehead atoms. The Morgan fingerprint density at radius 2 is 2.16 bits per heavy atom. The minimum atomic E-state index is -0.857. The van der Waals surface area contributed by atoms with Gasteiger partial charge in [-0.05, 0) is 38.3 Å². The van der Waals surface area contributed by atoms with Gasteiger partial charge in [0, 0.05) is 18.0 Å². The van der Waals surface area contributed by atoms with E-state index in [2.05, 4.69) is 36.8 Å². The zero-order valence-corrected chi connectivity index (χ0v) is 14.2. The molecule has 1 amide bonds. The minimum absolute atomic E-state index is 0.0444. The summed E-state index contributed by atoms with van der Waals surface area (Å²) in [6.07, 6.45) is 4.77. The highest BCUT2D eigenvalue weighted by molar-refractivity contribution is 9.13. The van der Waals surface area contributed by atoms with Crippen molar-refractivity contribution in [2.24, 2.45) is 5.92 Å². The van der Waals surface area contributed by atoms with E-state index in [0.717, 1.165) is 21.1 Å². The predicted molar refractivity (Wildman–Crippen MR) is 81.5 cm³/mol. The summed E-state index contributed by atoms with van der Waals surface area (Å²) in [7, 11) is 0. The summed E-state index contributed by atoms with van der Waals surface area (Å²) in [5, 5.41) is 0. The standard InChI is InChI=1S/C12H8Br2Cl2N2O/c13-7-5-1-3-11-6(12(11,15)16)2-4-18(11)10(19)8(5)17-9(7)14/h1,3,6,17H,2,4H2. The number of nitrogens with zero attached hydrogens (tertiary/aromatic N) is 1. The van der Waals surface area contributed by atoms with E-state index in [-0.39, 0.29) is 11.8 Å². The number of H-pyrrole nitrogens is 1. The second-order valence-corrected chi connectivity index (χ2v) is 8.09. The molecule has 100 valence electrons. The van der Waals surface area contributed by atoms with Crippen LogP contribution < -0.4 is 0 Å². The van der Waals surface area contributed by atoms with Crippen LogP contribution in [0.25, 0.3) is 6.08 Å². The quantitative estimate of drug-likeness (QED) is 0.626. The van der Waals surface area contributed by atoms with Crippen LogP contribution in [-0.4, -0.2) is 32.2 Å². The summed E-state index contributed by atoms with van der Waals surface area (Å²) >= 11 is 19.6. The van der Waals surface area contributed by atoms with E-state index in [0.29, 0.717) is 12.2 Å². The maximum Gasteiger partial charge on any atom is 0.271 e. The number of hydrogen-bond acceptors (Lipinski definition) is 1. The Balaban J connectivity index is 1.93. The molecule has 2 unspecified atom stereocenters. The van der Waals surface area contributed by atoms with Gasteiger partial charge in [0.05, 0.1) is 9.08 Å². The Morgan fingerprint density at radius 1 is 1.42 bits per heavy atom. The van der Waals surface area contributed by atoms with Crippen LogP contribution in [0.5, 0.6) is 0 Å². The van der Waals surface area contributed by atoms with Crippen molar-refractivity contribution in [1.29, 1.82) is 0 Å². The van der Waals surface area contributed by atoms with Crippen LogP contribution >= 0.6 is 55.1 Å². The molecule has 7 heteroatoms. The van der Waals surface area contributed by atoms with Gasteiger partial charge in [0.25, 0.3) is 5.91 Å². The number of fused-ring (bicyclic) bond motifs is 1. The molecular formula is C12H8Br2Cl2N2O. The number of alkyl halides is 2. The van der Waals surface area contributed by atoms with E-state index in [4.69, 9.17) is 23.2 Å². The van der Waals surface area contributed by atoms with Crippen molar-refractivity contribution in [2.75, 3.05) is 6.54 Å². The van der Waals surface area contributed by atoms with Gasteiger partial charge in [-0.15, -0.1) is 0 Å². The summed E-state index contributed by atoms with van der Waals surface area (Å²) in [6, 6.07) is 0. The number of carbonyl (C=O) groups excluding carboxylic acids is 1. The number of hydrogen-bond donors (Lipinski definition) is 1. The molecule has 19 heavy (non-hydrogen) atoms. The van der Waals surface area contributed by atoms with Gasteiger partial charge in [0.15, 0.2) is 4.33 Å². The molecule has 0 radical (unpaired) electrons. The van der Waals surface area contributed by atoms with Crippen molar-refractivity contribution in [2.45, 2.75) is 16.3 Å². The van der Waals surface area contributed by atoms with Gasteiger partial charge in [-0.25, -0.2) is 0 Å². The van der Waals surface area contributed by atoms with Crippen LogP contribution in [0, 0.1) is 5.92 Å². The van der Waals surface area contributed by atoms with Gasteiger partial charge in [0.1, 0.15) is 11.2 Å². The molecule has 1 aromatic rings. The van der Waals surface area contributed by atoms with Crippen LogP contribution in [0.2, 0.25) is 0 Å². The van der Waals surface area contributed by atoms with Crippen LogP contribution in [0.1, 0.15) is 22.5 Å². The molecule has 0 aromatic carbocycles. The summed E-state index contributed by atoms with van der Waals surface area (Å²) in [5.41, 5.74) is 0.887. The largest absolute Gasteiger partial charge is 0.344 e. The highest BCUT2D eigenvalue weighted by atomic mass is 79.9. The molecule has 2 aliphatic heterocycles. The number of nitrogens with one attached hydrogen (secondary N) is 1. The lowest BCUT2D eigenvalue weighted by Gasteiger charge is -2.27. The third-order valence-corrected chi connectivity index (χ3v) is 7.49. The molecule has 3 aliphatic rings. The van der Waals surface area contributed by atoms with Crippen molar-refractivity contribution in [3.05, 3.63) is 26.4 Å². The normalized spacial score (nSPS) is 33.8. The van der Waals surface area contributed by atoms with Crippen molar-refractivity contribution in [3.63, 3.8) is 0 Å². The Bertz CT molecular complexity index is 654. The number of piperidine rings is 1. The minimum Gasteiger partial charge on any atom is -0.344 e. The van der Waals surface area contributed by atoms with Gasteiger partial charge in [-0.3, -0.25) is 4.79 Å². The molecule has 1 saturated carbocycles. The average Bonchev–Trinajstić information content (AvgIpc) is 2.67. The maximum atomic E-state index is 12.7. The second kappa shape index (κ2) is 3.62. The lowest BCUT2D eigenvalue weighted by molar-refractivity contribution is 0.0722. The van der Waals surface area contributed by atoms with Crippen LogP contribution in [-0.2, 0) is 0 Å². The summed E-state index contributed by atoms with van der Waals surface area (Å²) in [5.74, 6) is 0.0897. The third-order valence-electron chi connectivity index (χ3n) is 4.40. The lowest BCUT2D eigenvalue weighted by Crippen LogP contribution is -2.42. The molecule has 1 N–H and O–H groups in total. The van der Waals surface area contributed by atoms with Crippen molar-refractivity contribution in [1.82, 2.24) is 9.88 Å². The molecule has 2 fully saturated rings. The lowest BCUT2D eigenvalue weighted by atomic mass is 10.2. The number of rotatable bonds is 0. The van der Waals surface area contributed by atoms with Crippen molar-refractivity contribution >= 4 is 67.0 Å². The van der Waals surface area contributed by atoms with E-state index < -0.39 is 9.87 Å². The topological polar surface area (TPSA) is 36.1 Å². The van der Waals surface area contributed by atoms with E-state index >= 15 is 0 Å². The molecule has 3 nitrogen and oxygen atoms in total. The monoisotopic (exact) mass is 424 g/mol. The Hall–Kier alpha value is 0.0300. The fourth-order valence-electron chi connectivity index (χ4n) is 3.41. The number of aromatic amines is 1. The van der Waals surface area contributed by atoms with Crippen molar-refractivity contribution in [3.8, 4) is 0 Å². The van der Waals surface area contributed by atoms with Crippen LogP contribution in [0.3, 0.4) is 0 Å². The first-order chi connectivity index (χ1) is 8.91. The Labute approximate surface area is 136 Å². The van der Waals surface area contributed by atoms with Gasteiger partial charge in [-0.2, -0.15) is 0 Å². The number of amides is 1. The van der Waals surface area contributed by atoms with Crippen LogP contribution in [0.4, 0.5) is 0 Å². The molecule has 1 aliphatic carbocycles. The van der Waals surface area contributed by atoms with Gasteiger partial charge in [-0.1, -0.05) is 35.4 Å². The van der Waals surface area contributed by atoms with Gasteiger partial charge >= 0.3 is 0 Å². The molecule has 2 atom stereocenters. The summed E-state index contributed by atoms with van der Waals surface area (Å²) < 4.78 is 0.752. The van der Waals surface area contributed by atoms with Crippen molar-refractivity contribution < 1.29 is 4.79 Å². The third kappa shape index (κ3) is 1.29. The average molecular weight is 427 g/mol. The molecule has 1 aromatic heterocycles. The zero-order valence-electron chi connectivity index (χ0n) is 9.51. The first-order valence-electron chi connectivity index (χ1n) is 5.87. The first kappa shape index (κ1) is 12.7. The number of carbonyl (C=O) groups is 1. The summed E-state index contributed by atoms with van der Waals surface area (Å²) in [6.45, 7) is 0.697. The zero-order chi connectivity index (χ0) is 13.6. The highest BCUT2D eigenvalue weighted by Gasteiger charge is 2.81. The van der Waals surface area contributed by atoms with Gasteiger partial charge < -0.3 is 9.88 Å². The highest BCUT2D eigenvalue weighted by Crippen LogP contribution is 2.71. The SMILES string of the molecule is O=C1c2[nH]c(Br)c(Br)c2C=CC23C(CCN12)C3(Cl)Cl. The predicted octanol–water partition coefficient (Wildman–Crippen LogP) is 3.95. The van der Waals surface area contributed by atoms with E-state index in [1.165, 1.54) is 0 Å². The second-order valence-electron chi connectivity index (χ2n) is 5.12. The van der Waals surface area contributed by atoms with Gasteiger partial charge in [0.2, 0.25) is 0 Å². The summed E-state index contributed by atoms with van der Waals surface area (Å²) in [4.78, 5) is 17.6. The first-order valence-corrected chi connectivity index (χ1v) is 8.21. The fourth-order valence-corrected chi connectivity index (χ4v) is 5.29. The van der Waals surface area contributed by atoms with E-state index in [1.54, 1.807) is 4.90 Å². The Morgan fingerprint density at radius 3 is 2.84 bits per heavy atom. The smallest absolute Gasteiger partial charge is 0.271 e. The molecule has 3 heterocycles. The molecule has 4 rings (SSSR count).